The Kier molecular flexibility index (Phi) is 6.05. The molecule has 0 unspecified atom stereocenters. The molecule has 19 heavy (non-hydrogen) atoms. The molecule has 0 N–H and O–H groups in total. The van der Waals surface area contributed by atoms with Crippen LogP contribution in [0.3, 0.4) is 0 Å². The van der Waals surface area contributed by atoms with Gasteiger partial charge in [-0.1, -0.05) is 20.8 Å². The van der Waals surface area contributed by atoms with Crippen LogP contribution in [0.15, 0.2) is 0 Å². The molecule has 7 heteroatoms. The standard InChI is InChI=1S/C12H23NO6/c1-9(19-13(15)16)7-8-17-10(14)18-12(5,6)11(2,3)4/h9H,7-8H2,1-6H3/t9-/m1/s1. The summed E-state index contributed by atoms with van der Waals surface area (Å²) < 4.78 is 10.1. The van der Waals surface area contributed by atoms with Gasteiger partial charge < -0.3 is 14.3 Å². The van der Waals surface area contributed by atoms with E-state index < -0.39 is 22.9 Å². The second kappa shape index (κ2) is 6.58. The zero-order valence-electron chi connectivity index (χ0n) is 12.4. The molecule has 0 radical (unpaired) electrons. The van der Waals surface area contributed by atoms with Gasteiger partial charge in [0.05, 0.1) is 6.61 Å². The van der Waals surface area contributed by atoms with Crippen LogP contribution in [0.1, 0.15) is 48.0 Å². The first-order chi connectivity index (χ1) is 8.45. The highest BCUT2D eigenvalue weighted by Gasteiger charge is 2.37. The maximum absolute atomic E-state index is 11.5. The Morgan fingerprint density at radius 3 is 2.21 bits per heavy atom. The fourth-order valence-corrected chi connectivity index (χ4v) is 0.899. The first-order valence-corrected chi connectivity index (χ1v) is 6.12. The topological polar surface area (TPSA) is 87.9 Å². The van der Waals surface area contributed by atoms with E-state index in [2.05, 4.69) is 4.84 Å². The van der Waals surface area contributed by atoms with Crippen molar-refractivity contribution >= 4 is 6.16 Å². The third kappa shape index (κ3) is 6.83. The van der Waals surface area contributed by atoms with E-state index in [0.717, 1.165) is 0 Å². The van der Waals surface area contributed by atoms with E-state index in [1.54, 1.807) is 13.8 Å². The van der Waals surface area contributed by atoms with Gasteiger partial charge >= 0.3 is 6.16 Å². The van der Waals surface area contributed by atoms with E-state index in [4.69, 9.17) is 9.47 Å². The van der Waals surface area contributed by atoms with Crippen molar-refractivity contribution in [2.24, 2.45) is 5.41 Å². The minimum absolute atomic E-state index is 0.00800. The Morgan fingerprint density at radius 1 is 1.26 bits per heavy atom. The summed E-state index contributed by atoms with van der Waals surface area (Å²) in [6, 6.07) is 0. The number of hydrogen-bond donors (Lipinski definition) is 0. The Balaban J connectivity index is 4.04. The average molecular weight is 277 g/mol. The lowest BCUT2D eigenvalue weighted by Gasteiger charge is -2.37. The van der Waals surface area contributed by atoms with Crippen LogP contribution >= 0.6 is 0 Å². The molecule has 0 saturated heterocycles. The Morgan fingerprint density at radius 2 is 1.79 bits per heavy atom. The van der Waals surface area contributed by atoms with Crippen LogP contribution < -0.4 is 0 Å². The number of hydrogen-bond acceptors (Lipinski definition) is 6. The highest BCUT2D eigenvalue weighted by Crippen LogP contribution is 2.33. The number of carbonyl (C=O) groups excluding carboxylic acids is 1. The van der Waals surface area contributed by atoms with E-state index in [1.165, 1.54) is 6.92 Å². The van der Waals surface area contributed by atoms with Gasteiger partial charge in [0, 0.05) is 11.8 Å². The third-order valence-corrected chi connectivity index (χ3v) is 3.15. The lowest BCUT2D eigenvalue weighted by Crippen LogP contribution is -2.41. The van der Waals surface area contributed by atoms with Crippen LogP contribution in [0.2, 0.25) is 0 Å². The average Bonchev–Trinajstić information content (AvgIpc) is 2.12. The van der Waals surface area contributed by atoms with Gasteiger partial charge in [0.25, 0.3) is 5.09 Å². The SMILES string of the molecule is C[C@H](CCOC(=O)OC(C)(C)C(C)(C)C)O[N+](=O)[O-]. The van der Waals surface area contributed by atoms with Crippen molar-refractivity contribution in [3.63, 3.8) is 0 Å². The monoisotopic (exact) mass is 277 g/mol. The van der Waals surface area contributed by atoms with Crippen LogP contribution in [0.25, 0.3) is 0 Å². The molecule has 0 aromatic rings. The molecule has 0 saturated carbocycles. The van der Waals surface area contributed by atoms with Gasteiger partial charge in [0.15, 0.2) is 0 Å². The van der Waals surface area contributed by atoms with Gasteiger partial charge in [-0.05, 0) is 20.8 Å². The maximum Gasteiger partial charge on any atom is 0.508 e. The smallest absolute Gasteiger partial charge is 0.434 e. The van der Waals surface area contributed by atoms with Crippen molar-refractivity contribution in [3.8, 4) is 0 Å². The quantitative estimate of drug-likeness (QED) is 0.421. The van der Waals surface area contributed by atoms with Gasteiger partial charge in [0.2, 0.25) is 0 Å². The molecule has 0 bridgehead atoms. The second-order valence-corrected chi connectivity index (χ2v) is 5.89. The van der Waals surface area contributed by atoms with Crippen LogP contribution in [-0.2, 0) is 14.3 Å². The van der Waals surface area contributed by atoms with Crippen molar-refractivity contribution in [2.75, 3.05) is 6.61 Å². The Hall–Kier alpha value is -1.53. The summed E-state index contributed by atoms with van der Waals surface area (Å²) >= 11 is 0. The fraction of sp³-hybridized carbons (Fsp3) is 0.917. The van der Waals surface area contributed by atoms with E-state index >= 15 is 0 Å². The summed E-state index contributed by atoms with van der Waals surface area (Å²) in [5.74, 6) is 0. The molecule has 0 aliphatic heterocycles. The van der Waals surface area contributed by atoms with Crippen LogP contribution in [0, 0.1) is 15.5 Å². The molecule has 1 atom stereocenters. The zero-order chi connectivity index (χ0) is 15.3. The summed E-state index contributed by atoms with van der Waals surface area (Å²) in [6.07, 6.45) is -1.18. The van der Waals surface area contributed by atoms with Crippen molar-refractivity contribution in [3.05, 3.63) is 10.1 Å². The molecule has 0 heterocycles. The molecule has 0 aromatic carbocycles. The Labute approximate surface area is 113 Å². The number of carbonyl (C=O) groups is 1. The van der Waals surface area contributed by atoms with Crippen LogP contribution in [0.5, 0.6) is 0 Å². The van der Waals surface area contributed by atoms with Crippen LogP contribution in [-0.4, -0.2) is 29.6 Å². The highest BCUT2D eigenvalue weighted by atomic mass is 17.0. The van der Waals surface area contributed by atoms with Crippen molar-refractivity contribution in [2.45, 2.75) is 59.7 Å². The second-order valence-electron chi connectivity index (χ2n) is 5.89. The summed E-state index contributed by atoms with van der Waals surface area (Å²) in [6.45, 7) is 11.0. The van der Waals surface area contributed by atoms with E-state index in [1.807, 2.05) is 20.8 Å². The molecule has 0 aliphatic carbocycles. The predicted octanol–water partition coefficient (Wildman–Crippen LogP) is 2.95. The van der Waals surface area contributed by atoms with Crippen molar-refractivity contribution < 1.29 is 24.2 Å². The number of ether oxygens (including phenoxy) is 2. The normalized spacial score (nSPS) is 13.6. The van der Waals surface area contributed by atoms with Gasteiger partial charge in [-0.15, -0.1) is 10.1 Å². The maximum atomic E-state index is 11.5. The van der Waals surface area contributed by atoms with E-state index in [9.17, 15) is 14.9 Å². The highest BCUT2D eigenvalue weighted by molar-refractivity contribution is 5.60. The summed E-state index contributed by atoms with van der Waals surface area (Å²) in [5, 5.41) is 9.19. The molecule has 0 aliphatic rings. The molecule has 0 rings (SSSR count). The molecular formula is C12H23NO6. The van der Waals surface area contributed by atoms with Crippen LogP contribution in [0.4, 0.5) is 4.79 Å². The first kappa shape index (κ1) is 17.5. The predicted molar refractivity (Wildman–Crippen MR) is 68.1 cm³/mol. The van der Waals surface area contributed by atoms with E-state index in [0.29, 0.717) is 0 Å². The van der Waals surface area contributed by atoms with E-state index in [-0.39, 0.29) is 18.4 Å². The lowest BCUT2D eigenvalue weighted by molar-refractivity contribution is -0.767. The molecular weight excluding hydrogens is 254 g/mol. The summed E-state index contributed by atoms with van der Waals surface area (Å²) in [5.41, 5.74) is -0.902. The van der Waals surface area contributed by atoms with Gasteiger partial charge in [0.1, 0.15) is 11.7 Å². The minimum Gasteiger partial charge on any atom is -0.434 e. The van der Waals surface area contributed by atoms with Crippen molar-refractivity contribution in [1.29, 1.82) is 0 Å². The number of nitrogens with zero attached hydrogens (tertiary/aromatic N) is 1. The summed E-state index contributed by atoms with van der Waals surface area (Å²) in [7, 11) is 0. The Bertz CT molecular complexity index is 321. The number of rotatable bonds is 6. The van der Waals surface area contributed by atoms with Gasteiger partial charge in [-0.2, -0.15) is 0 Å². The molecule has 0 spiro atoms. The lowest BCUT2D eigenvalue weighted by atomic mass is 9.79. The molecule has 0 amide bonds. The van der Waals surface area contributed by atoms with Gasteiger partial charge in [-0.25, -0.2) is 4.79 Å². The summed E-state index contributed by atoms with van der Waals surface area (Å²) in [4.78, 5) is 25.8. The molecule has 7 nitrogen and oxygen atoms in total. The van der Waals surface area contributed by atoms with Crippen molar-refractivity contribution in [1.82, 2.24) is 0 Å². The van der Waals surface area contributed by atoms with Gasteiger partial charge in [-0.3, -0.25) is 0 Å². The largest absolute Gasteiger partial charge is 0.508 e. The molecule has 0 fully saturated rings. The minimum atomic E-state index is -0.869. The zero-order valence-corrected chi connectivity index (χ0v) is 12.4. The molecule has 0 aromatic heterocycles. The first-order valence-electron chi connectivity index (χ1n) is 6.12. The third-order valence-electron chi connectivity index (χ3n) is 3.15. The fourth-order valence-electron chi connectivity index (χ4n) is 0.899. The molecule has 112 valence electrons.